The van der Waals surface area contributed by atoms with Crippen LogP contribution in [0.1, 0.15) is 25.7 Å². The molecule has 0 rings (SSSR count). The lowest BCUT2D eigenvalue weighted by molar-refractivity contribution is -0.144. The second-order valence-corrected chi connectivity index (χ2v) is 2.40. The molecule has 0 aromatic carbocycles. The molecule has 0 saturated heterocycles. The summed E-state index contributed by atoms with van der Waals surface area (Å²) in [4.78, 5) is 14.4. The molecular weight excluding hydrogens is 146 g/mol. The van der Waals surface area contributed by atoms with Gasteiger partial charge in [-0.3, -0.25) is 4.79 Å². The topological polar surface area (TPSA) is 104 Å². The van der Waals surface area contributed by atoms with Crippen LogP contribution in [0, 0.1) is 0 Å². The van der Waals surface area contributed by atoms with E-state index in [-0.39, 0.29) is 6.17 Å². The highest BCUT2D eigenvalue weighted by Crippen LogP contribution is 2.00. The highest BCUT2D eigenvalue weighted by molar-refractivity contribution is 5.68. The SMILES string of the molecule is NOC(=O)CCCCC(N)N. The van der Waals surface area contributed by atoms with Crippen LogP contribution in [0.5, 0.6) is 0 Å². The predicted octanol–water partition coefficient (Wildman–Crippen LogP) is -0.793. The van der Waals surface area contributed by atoms with Crippen LogP contribution < -0.4 is 17.4 Å². The zero-order valence-electron chi connectivity index (χ0n) is 6.45. The number of unbranched alkanes of at least 4 members (excludes halogenated alkanes) is 1. The number of carbonyl (C=O) groups is 1. The molecule has 0 fully saturated rings. The van der Waals surface area contributed by atoms with E-state index < -0.39 is 5.97 Å². The van der Waals surface area contributed by atoms with Crippen LogP contribution in [0.25, 0.3) is 0 Å². The fraction of sp³-hybridized carbons (Fsp3) is 0.833. The summed E-state index contributed by atoms with van der Waals surface area (Å²) in [5.41, 5.74) is 10.6. The van der Waals surface area contributed by atoms with Gasteiger partial charge >= 0.3 is 5.97 Å². The third kappa shape index (κ3) is 7.24. The Morgan fingerprint density at radius 3 is 2.45 bits per heavy atom. The quantitative estimate of drug-likeness (QED) is 0.278. The van der Waals surface area contributed by atoms with Crippen molar-refractivity contribution in [3.05, 3.63) is 0 Å². The van der Waals surface area contributed by atoms with E-state index in [1.54, 1.807) is 0 Å². The van der Waals surface area contributed by atoms with Crippen LogP contribution in [-0.4, -0.2) is 12.1 Å². The Hall–Kier alpha value is -0.650. The Morgan fingerprint density at radius 1 is 1.36 bits per heavy atom. The lowest BCUT2D eigenvalue weighted by Gasteiger charge is -2.02. The Kier molecular flexibility index (Phi) is 5.73. The van der Waals surface area contributed by atoms with E-state index in [1.165, 1.54) is 0 Å². The summed E-state index contributed by atoms with van der Waals surface area (Å²) in [6.07, 6.45) is 2.32. The van der Waals surface area contributed by atoms with Gasteiger partial charge in [0.15, 0.2) is 0 Å². The zero-order chi connectivity index (χ0) is 8.69. The van der Waals surface area contributed by atoms with Gasteiger partial charge in [0.1, 0.15) is 0 Å². The molecule has 5 nitrogen and oxygen atoms in total. The monoisotopic (exact) mass is 161 g/mol. The van der Waals surface area contributed by atoms with Gasteiger partial charge in [-0.05, 0) is 12.8 Å². The maximum atomic E-state index is 10.4. The number of hydrogen-bond acceptors (Lipinski definition) is 5. The first kappa shape index (κ1) is 10.3. The summed E-state index contributed by atoms with van der Waals surface area (Å²) in [6, 6.07) is 0. The van der Waals surface area contributed by atoms with Crippen molar-refractivity contribution >= 4 is 5.97 Å². The Morgan fingerprint density at radius 2 is 2.00 bits per heavy atom. The molecule has 0 atom stereocenters. The van der Waals surface area contributed by atoms with E-state index in [0.717, 1.165) is 19.3 Å². The summed E-state index contributed by atoms with van der Waals surface area (Å²) in [6.45, 7) is 0. The minimum absolute atomic E-state index is 0.288. The minimum atomic E-state index is -0.393. The van der Waals surface area contributed by atoms with Crippen LogP contribution >= 0.6 is 0 Å². The summed E-state index contributed by atoms with van der Waals surface area (Å²) < 4.78 is 0. The predicted molar refractivity (Wildman–Crippen MR) is 40.9 cm³/mol. The first-order valence-corrected chi connectivity index (χ1v) is 3.57. The molecule has 0 aromatic rings. The molecule has 0 unspecified atom stereocenters. The van der Waals surface area contributed by atoms with E-state index in [0.29, 0.717) is 6.42 Å². The van der Waals surface area contributed by atoms with E-state index in [2.05, 4.69) is 10.7 Å². The summed E-state index contributed by atoms with van der Waals surface area (Å²) in [5.74, 6) is 4.22. The van der Waals surface area contributed by atoms with Crippen molar-refractivity contribution in [2.45, 2.75) is 31.8 Å². The van der Waals surface area contributed by atoms with Gasteiger partial charge in [-0.1, -0.05) is 6.42 Å². The maximum Gasteiger partial charge on any atom is 0.324 e. The Labute approximate surface area is 65.8 Å². The van der Waals surface area contributed by atoms with Crippen LogP contribution in [0.15, 0.2) is 0 Å². The number of rotatable bonds is 5. The molecule has 0 saturated carbocycles. The Bertz CT molecular complexity index is 116. The van der Waals surface area contributed by atoms with Crippen molar-refractivity contribution in [2.75, 3.05) is 0 Å². The van der Waals surface area contributed by atoms with Crippen molar-refractivity contribution < 1.29 is 9.63 Å². The van der Waals surface area contributed by atoms with Crippen molar-refractivity contribution in [3.8, 4) is 0 Å². The average Bonchev–Trinajstić information content (AvgIpc) is 1.97. The van der Waals surface area contributed by atoms with Gasteiger partial charge in [-0.25, -0.2) is 0 Å². The lowest BCUT2D eigenvalue weighted by Crippen LogP contribution is -2.29. The number of hydrogen-bond donors (Lipinski definition) is 3. The summed E-state index contributed by atoms with van der Waals surface area (Å²) in [5, 5.41) is 0. The van der Waals surface area contributed by atoms with Crippen molar-refractivity contribution in [3.63, 3.8) is 0 Å². The van der Waals surface area contributed by atoms with E-state index in [1.807, 2.05) is 0 Å². The number of nitrogens with two attached hydrogens (primary N) is 3. The summed E-state index contributed by atoms with van der Waals surface area (Å²) >= 11 is 0. The van der Waals surface area contributed by atoms with Crippen molar-refractivity contribution in [1.29, 1.82) is 0 Å². The van der Waals surface area contributed by atoms with Gasteiger partial charge in [0.05, 0.1) is 6.17 Å². The molecule has 11 heavy (non-hydrogen) atoms. The molecule has 0 spiro atoms. The molecule has 0 amide bonds. The van der Waals surface area contributed by atoms with Gasteiger partial charge in [-0.15, -0.1) is 0 Å². The second kappa shape index (κ2) is 6.09. The molecule has 0 aliphatic carbocycles. The van der Waals surface area contributed by atoms with Crippen LogP contribution in [0.4, 0.5) is 0 Å². The fourth-order valence-electron chi connectivity index (χ4n) is 0.708. The van der Waals surface area contributed by atoms with Crippen LogP contribution in [0.3, 0.4) is 0 Å². The highest BCUT2D eigenvalue weighted by Gasteiger charge is 2.00. The molecule has 0 aliphatic rings. The van der Waals surface area contributed by atoms with E-state index >= 15 is 0 Å². The minimum Gasteiger partial charge on any atom is -0.373 e. The molecule has 0 radical (unpaired) electrons. The fourth-order valence-corrected chi connectivity index (χ4v) is 0.708. The zero-order valence-corrected chi connectivity index (χ0v) is 6.45. The molecule has 5 heteroatoms. The molecule has 0 bridgehead atoms. The second-order valence-electron chi connectivity index (χ2n) is 2.40. The van der Waals surface area contributed by atoms with Crippen molar-refractivity contribution in [1.82, 2.24) is 0 Å². The molecule has 6 N–H and O–H groups in total. The first-order chi connectivity index (χ1) is 5.16. The third-order valence-corrected chi connectivity index (χ3v) is 1.30. The Balaban J connectivity index is 3.08. The standard InChI is InChI=1S/C6H15N3O2/c7-5(8)3-1-2-4-6(10)11-9/h5H,1-4,7-9H2. The van der Waals surface area contributed by atoms with Crippen LogP contribution in [0.2, 0.25) is 0 Å². The third-order valence-electron chi connectivity index (χ3n) is 1.30. The van der Waals surface area contributed by atoms with Gasteiger partial charge in [0, 0.05) is 6.42 Å². The molecule has 0 heterocycles. The molecule has 66 valence electrons. The molecule has 0 aliphatic heterocycles. The summed E-state index contributed by atoms with van der Waals surface area (Å²) in [7, 11) is 0. The number of carbonyl (C=O) groups excluding carboxylic acids is 1. The largest absolute Gasteiger partial charge is 0.373 e. The van der Waals surface area contributed by atoms with E-state index in [9.17, 15) is 4.79 Å². The molecular formula is C6H15N3O2. The van der Waals surface area contributed by atoms with Gasteiger partial charge < -0.3 is 16.3 Å². The average molecular weight is 161 g/mol. The van der Waals surface area contributed by atoms with Gasteiger partial charge in [0.25, 0.3) is 0 Å². The maximum absolute atomic E-state index is 10.4. The normalized spacial score (nSPS) is 10.2. The van der Waals surface area contributed by atoms with Crippen molar-refractivity contribution in [2.24, 2.45) is 17.4 Å². The van der Waals surface area contributed by atoms with Gasteiger partial charge in [0.2, 0.25) is 0 Å². The lowest BCUT2D eigenvalue weighted by atomic mass is 10.2. The molecule has 0 aromatic heterocycles. The van der Waals surface area contributed by atoms with Crippen LogP contribution in [-0.2, 0) is 9.63 Å². The first-order valence-electron chi connectivity index (χ1n) is 3.57. The van der Waals surface area contributed by atoms with Gasteiger partial charge in [-0.2, -0.15) is 5.90 Å². The highest BCUT2D eigenvalue weighted by atomic mass is 16.7. The van der Waals surface area contributed by atoms with E-state index in [4.69, 9.17) is 11.5 Å². The smallest absolute Gasteiger partial charge is 0.324 e.